The van der Waals surface area contributed by atoms with Crippen LogP contribution in [0.3, 0.4) is 0 Å². The Kier molecular flexibility index (Phi) is 9.06. The summed E-state index contributed by atoms with van der Waals surface area (Å²) in [6.45, 7) is 4.19. The molecule has 4 rings (SSSR count). The summed E-state index contributed by atoms with van der Waals surface area (Å²) < 4.78 is 84.8. The number of esters is 1. The third kappa shape index (κ3) is 7.61. The van der Waals surface area contributed by atoms with Gasteiger partial charge in [-0.2, -0.15) is 26.3 Å². The van der Waals surface area contributed by atoms with Gasteiger partial charge in [0, 0.05) is 19.5 Å². The third-order valence-electron chi connectivity index (χ3n) is 8.31. The molecule has 2 fully saturated rings. The summed E-state index contributed by atoms with van der Waals surface area (Å²) in [4.78, 5) is 27.4. The summed E-state index contributed by atoms with van der Waals surface area (Å²) in [5.41, 5.74) is -1.83. The molecule has 1 N–H and O–H groups in total. The molecule has 0 radical (unpaired) electrons. The zero-order chi connectivity index (χ0) is 30.0. The van der Waals surface area contributed by atoms with Gasteiger partial charge >= 0.3 is 18.3 Å². The van der Waals surface area contributed by atoms with Gasteiger partial charge < -0.3 is 15.0 Å². The summed E-state index contributed by atoms with van der Waals surface area (Å²) in [6.07, 6.45) is -6.64. The number of halogens is 6. The Morgan fingerprint density at radius 3 is 2.07 bits per heavy atom. The summed E-state index contributed by atoms with van der Waals surface area (Å²) in [7, 11) is 0. The van der Waals surface area contributed by atoms with Gasteiger partial charge in [0.05, 0.1) is 16.5 Å². The van der Waals surface area contributed by atoms with E-state index in [4.69, 9.17) is 4.74 Å². The van der Waals surface area contributed by atoms with E-state index in [2.05, 4.69) is 34.5 Å². The van der Waals surface area contributed by atoms with Crippen LogP contribution in [0.15, 0.2) is 42.5 Å². The molecule has 1 heterocycles. The van der Waals surface area contributed by atoms with Crippen LogP contribution in [0.1, 0.15) is 72.8 Å². The molecule has 1 saturated carbocycles. The number of likely N-dealkylation sites (tertiary alicyclic amines) is 1. The second kappa shape index (κ2) is 12.0. The Hall–Kier alpha value is -3.08. The fourth-order valence-corrected chi connectivity index (χ4v) is 5.98. The van der Waals surface area contributed by atoms with Crippen LogP contribution in [0.25, 0.3) is 0 Å². The number of hydrogen-bond donors (Lipinski definition) is 1. The van der Waals surface area contributed by atoms with Gasteiger partial charge in [0.2, 0.25) is 5.91 Å². The Morgan fingerprint density at radius 1 is 0.951 bits per heavy atom. The lowest BCUT2D eigenvalue weighted by atomic mass is 9.84. The second-order valence-electron chi connectivity index (χ2n) is 11.3. The van der Waals surface area contributed by atoms with E-state index in [0.717, 1.165) is 25.9 Å². The molecule has 2 aliphatic rings. The average Bonchev–Trinajstić information content (AvgIpc) is 3.36. The van der Waals surface area contributed by atoms with Gasteiger partial charge in [0.15, 0.2) is 0 Å². The van der Waals surface area contributed by atoms with Crippen molar-refractivity contribution in [1.82, 2.24) is 10.2 Å². The number of ether oxygens (including phenoxy) is 1. The standard InChI is InChI=1S/C30H34F6N2O3/c1-19-3-5-22(6-4-19)23-8-11-38(12-9-23)26-7-10-28(16-26,18-41-20(2)39)27(40)37-17-21-13-24(29(31,32)33)15-25(14-21)30(34,35)36/h3-6,13-15,23,26H,7-12,16-18H2,1-2H3,(H,37,40). The van der Waals surface area contributed by atoms with Crippen molar-refractivity contribution in [3.05, 3.63) is 70.3 Å². The first-order chi connectivity index (χ1) is 19.2. The van der Waals surface area contributed by atoms with Gasteiger partial charge in [0.1, 0.15) is 6.61 Å². The largest absolute Gasteiger partial charge is 0.465 e. The van der Waals surface area contributed by atoms with Crippen LogP contribution in [0.2, 0.25) is 0 Å². The summed E-state index contributed by atoms with van der Waals surface area (Å²) in [5, 5.41) is 2.54. The lowest BCUT2D eigenvalue weighted by Gasteiger charge is -2.37. The third-order valence-corrected chi connectivity index (χ3v) is 8.31. The number of aryl methyl sites for hydroxylation is 1. The van der Waals surface area contributed by atoms with Gasteiger partial charge in [-0.15, -0.1) is 0 Å². The maximum atomic E-state index is 13.4. The monoisotopic (exact) mass is 584 g/mol. The number of hydrogen-bond acceptors (Lipinski definition) is 4. The van der Waals surface area contributed by atoms with Crippen LogP contribution in [0, 0.1) is 12.3 Å². The molecule has 0 aromatic heterocycles. The van der Waals surface area contributed by atoms with E-state index in [1.54, 1.807) is 0 Å². The van der Waals surface area contributed by atoms with E-state index in [-0.39, 0.29) is 24.3 Å². The highest BCUT2D eigenvalue weighted by atomic mass is 19.4. The van der Waals surface area contributed by atoms with Crippen molar-refractivity contribution in [1.29, 1.82) is 0 Å². The zero-order valence-electron chi connectivity index (χ0n) is 23.0. The Labute approximate surface area is 235 Å². The van der Waals surface area contributed by atoms with Crippen molar-refractivity contribution in [3.8, 4) is 0 Å². The van der Waals surface area contributed by atoms with E-state index >= 15 is 0 Å². The minimum absolute atomic E-state index is 0.0423. The SMILES string of the molecule is CC(=O)OCC1(C(=O)NCc2cc(C(F)(F)F)cc(C(F)(F)F)c2)CCC(N2CCC(c3ccc(C)cc3)CC2)C1. The molecule has 0 spiro atoms. The lowest BCUT2D eigenvalue weighted by molar-refractivity contribution is -0.149. The average molecular weight is 585 g/mol. The van der Waals surface area contributed by atoms with Crippen LogP contribution < -0.4 is 5.32 Å². The number of nitrogens with zero attached hydrogens (tertiary/aromatic N) is 1. The zero-order valence-corrected chi connectivity index (χ0v) is 23.0. The highest BCUT2D eigenvalue weighted by molar-refractivity contribution is 5.83. The normalized spacial score (nSPS) is 22.5. The van der Waals surface area contributed by atoms with E-state index in [1.807, 2.05) is 6.92 Å². The van der Waals surface area contributed by atoms with Gasteiger partial charge in [-0.3, -0.25) is 9.59 Å². The smallest absolute Gasteiger partial charge is 0.416 e. The van der Waals surface area contributed by atoms with Gasteiger partial charge in [-0.05, 0) is 87.4 Å². The van der Waals surface area contributed by atoms with Crippen LogP contribution in [0.5, 0.6) is 0 Å². The minimum atomic E-state index is -4.98. The summed E-state index contributed by atoms with van der Waals surface area (Å²) >= 11 is 0. The maximum Gasteiger partial charge on any atom is 0.416 e. The molecule has 1 amide bonds. The first-order valence-electron chi connectivity index (χ1n) is 13.7. The van der Waals surface area contributed by atoms with Crippen molar-refractivity contribution in [2.75, 3.05) is 19.7 Å². The Bertz CT molecular complexity index is 1200. The molecule has 224 valence electrons. The van der Waals surface area contributed by atoms with E-state index in [0.29, 0.717) is 37.3 Å². The highest BCUT2D eigenvalue weighted by Crippen LogP contribution is 2.43. The van der Waals surface area contributed by atoms with Crippen LogP contribution in [-0.2, 0) is 33.2 Å². The molecule has 41 heavy (non-hydrogen) atoms. The fraction of sp³-hybridized carbons (Fsp3) is 0.533. The van der Waals surface area contributed by atoms with Crippen molar-refractivity contribution < 1.29 is 40.7 Å². The Morgan fingerprint density at radius 2 is 1.54 bits per heavy atom. The quantitative estimate of drug-likeness (QED) is 0.293. The molecular weight excluding hydrogens is 550 g/mol. The molecule has 1 saturated heterocycles. The van der Waals surface area contributed by atoms with E-state index in [1.165, 1.54) is 18.1 Å². The first kappa shape index (κ1) is 30.9. The molecule has 1 aliphatic heterocycles. The van der Waals surface area contributed by atoms with Crippen LogP contribution in [0.4, 0.5) is 26.3 Å². The van der Waals surface area contributed by atoms with E-state index < -0.39 is 47.3 Å². The summed E-state index contributed by atoms with van der Waals surface area (Å²) in [5.74, 6) is -0.689. The highest BCUT2D eigenvalue weighted by Gasteiger charge is 2.48. The van der Waals surface area contributed by atoms with Gasteiger partial charge in [-0.1, -0.05) is 29.8 Å². The van der Waals surface area contributed by atoms with Gasteiger partial charge in [0.25, 0.3) is 0 Å². The molecule has 2 aromatic rings. The number of rotatable bonds is 7. The first-order valence-corrected chi connectivity index (χ1v) is 13.7. The number of nitrogens with one attached hydrogen (secondary N) is 1. The molecule has 2 atom stereocenters. The van der Waals surface area contributed by atoms with E-state index in [9.17, 15) is 35.9 Å². The van der Waals surface area contributed by atoms with Crippen molar-refractivity contribution in [2.24, 2.45) is 5.41 Å². The van der Waals surface area contributed by atoms with Gasteiger partial charge in [-0.25, -0.2) is 0 Å². The fourth-order valence-electron chi connectivity index (χ4n) is 5.98. The van der Waals surface area contributed by atoms with Crippen LogP contribution in [-0.4, -0.2) is 42.5 Å². The number of amides is 1. The predicted molar refractivity (Wildman–Crippen MR) is 140 cm³/mol. The topological polar surface area (TPSA) is 58.6 Å². The predicted octanol–water partition coefficient (Wildman–Crippen LogP) is 6.63. The number of carbonyl (C=O) groups excluding carboxylic acids is 2. The van der Waals surface area contributed by atoms with Crippen LogP contribution >= 0.6 is 0 Å². The second-order valence-corrected chi connectivity index (χ2v) is 11.3. The van der Waals surface area contributed by atoms with Crippen molar-refractivity contribution in [3.63, 3.8) is 0 Å². The molecular formula is C30H34F6N2O3. The Balaban J connectivity index is 1.44. The van der Waals surface area contributed by atoms with Crippen molar-refractivity contribution in [2.45, 2.75) is 76.8 Å². The molecule has 5 nitrogen and oxygen atoms in total. The number of piperidine rings is 1. The number of alkyl halides is 6. The number of carbonyl (C=O) groups is 2. The summed E-state index contributed by atoms with van der Waals surface area (Å²) in [6, 6.07) is 9.81. The minimum Gasteiger partial charge on any atom is -0.465 e. The molecule has 2 aromatic carbocycles. The lowest BCUT2D eigenvalue weighted by Crippen LogP contribution is -2.45. The molecule has 0 bridgehead atoms. The molecule has 11 heteroatoms. The maximum absolute atomic E-state index is 13.4. The van der Waals surface area contributed by atoms with Crippen molar-refractivity contribution >= 4 is 11.9 Å². The molecule has 1 aliphatic carbocycles. The molecule has 2 unspecified atom stereocenters. The number of benzene rings is 2.